The fraction of sp³-hybridized carbons (Fsp3) is 0.600. The molecule has 1 spiro atoms. The number of benzene rings is 2. The second kappa shape index (κ2) is 16.8. The second-order valence-electron chi connectivity index (χ2n) is 15.5. The first-order valence-electron chi connectivity index (χ1n) is 19.0. The molecule has 3 aliphatic heterocycles. The summed E-state index contributed by atoms with van der Waals surface area (Å²) in [5, 5.41) is 3.09. The van der Waals surface area contributed by atoms with E-state index in [0.29, 0.717) is 43.4 Å². The number of hydrogen-bond acceptors (Lipinski definition) is 9. The number of sulfonamides is 1. The maximum atomic E-state index is 13.4. The fourth-order valence-corrected chi connectivity index (χ4v) is 10.2. The molecule has 6 atom stereocenters. The highest BCUT2D eigenvalue weighted by Crippen LogP contribution is 2.48. The number of aryl methyl sites for hydroxylation is 1. The molecule has 10 nitrogen and oxygen atoms in total. The number of nitrogens with one attached hydrogen (secondary N) is 2. The molecule has 290 valence electrons. The lowest BCUT2D eigenvalue weighted by Crippen LogP contribution is -2.53. The molecular formula is C40H54ClFN4O6S. The number of rotatable bonds is 4. The van der Waals surface area contributed by atoms with E-state index in [1.54, 1.807) is 32.2 Å². The Balaban J connectivity index is 0.000000468. The van der Waals surface area contributed by atoms with Crippen LogP contribution in [0.1, 0.15) is 67.4 Å². The van der Waals surface area contributed by atoms with Crippen molar-refractivity contribution in [1.82, 2.24) is 14.9 Å². The smallest absolute Gasteiger partial charge is 0.264 e. The van der Waals surface area contributed by atoms with Crippen LogP contribution in [0.4, 0.5) is 10.1 Å². The third-order valence-electron chi connectivity index (χ3n) is 12.3. The number of nitrogens with zero attached hydrogens (tertiary/aromatic N) is 2. The van der Waals surface area contributed by atoms with Gasteiger partial charge in [0.05, 0.1) is 17.5 Å². The number of aldehydes is 1. The molecule has 53 heavy (non-hydrogen) atoms. The normalized spacial score (nSPS) is 31.9. The van der Waals surface area contributed by atoms with Gasteiger partial charge >= 0.3 is 0 Å². The van der Waals surface area contributed by atoms with Crippen LogP contribution in [0.25, 0.3) is 0 Å². The van der Waals surface area contributed by atoms with Crippen LogP contribution in [0.15, 0.2) is 48.6 Å². The quantitative estimate of drug-likeness (QED) is 0.315. The van der Waals surface area contributed by atoms with Gasteiger partial charge < -0.3 is 19.7 Å². The number of amides is 1. The highest BCUT2D eigenvalue weighted by atomic mass is 35.5. The minimum atomic E-state index is -3.97. The van der Waals surface area contributed by atoms with Crippen LogP contribution in [0.3, 0.4) is 0 Å². The largest absolute Gasteiger partial charge is 0.490 e. The molecule has 1 saturated carbocycles. The number of piperazine rings is 1. The van der Waals surface area contributed by atoms with Gasteiger partial charge in [0.2, 0.25) is 10.0 Å². The molecule has 5 aliphatic rings. The van der Waals surface area contributed by atoms with Crippen molar-refractivity contribution in [1.29, 1.82) is 0 Å². The van der Waals surface area contributed by atoms with Crippen molar-refractivity contribution in [2.24, 2.45) is 17.8 Å². The molecule has 1 saturated heterocycles. The Labute approximate surface area is 318 Å². The van der Waals surface area contributed by atoms with Crippen LogP contribution >= 0.6 is 11.6 Å². The van der Waals surface area contributed by atoms with Gasteiger partial charge in [0.1, 0.15) is 18.0 Å². The van der Waals surface area contributed by atoms with E-state index in [1.807, 2.05) is 25.1 Å². The molecular weight excluding hydrogens is 719 g/mol. The molecule has 2 fully saturated rings. The van der Waals surface area contributed by atoms with Crippen molar-refractivity contribution in [3.05, 3.63) is 70.3 Å². The Morgan fingerprint density at radius 1 is 1.13 bits per heavy atom. The fourth-order valence-electron chi connectivity index (χ4n) is 8.74. The predicted octanol–water partition coefficient (Wildman–Crippen LogP) is 5.33. The summed E-state index contributed by atoms with van der Waals surface area (Å²) in [6, 6.07) is 11.3. The van der Waals surface area contributed by atoms with E-state index >= 15 is 0 Å². The highest BCUT2D eigenvalue weighted by molar-refractivity contribution is 7.90. The lowest BCUT2D eigenvalue weighted by molar-refractivity contribution is -0.135. The zero-order valence-corrected chi connectivity index (χ0v) is 32.7. The summed E-state index contributed by atoms with van der Waals surface area (Å²) in [6.45, 7) is 9.61. The van der Waals surface area contributed by atoms with Crippen LogP contribution < -0.4 is 19.7 Å². The lowest BCUT2D eigenvalue weighted by Gasteiger charge is -2.48. The van der Waals surface area contributed by atoms with Gasteiger partial charge in [0, 0.05) is 74.8 Å². The Kier molecular flexibility index (Phi) is 12.5. The molecule has 2 aromatic carbocycles. The maximum absolute atomic E-state index is 13.4. The summed E-state index contributed by atoms with van der Waals surface area (Å²) in [5.41, 5.74) is 2.05. The Hall–Kier alpha value is -3.03. The van der Waals surface area contributed by atoms with Gasteiger partial charge in [-0.3, -0.25) is 14.5 Å². The van der Waals surface area contributed by atoms with E-state index < -0.39 is 26.8 Å². The second-order valence-corrected chi connectivity index (χ2v) is 18.0. The van der Waals surface area contributed by atoms with Crippen molar-refractivity contribution in [3.8, 4) is 5.75 Å². The van der Waals surface area contributed by atoms with E-state index in [9.17, 15) is 22.4 Å². The third kappa shape index (κ3) is 8.47. The van der Waals surface area contributed by atoms with Gasteiger partial charge in [-0.15, -0.1) is 0 Å². The summed E-state index contributed by atoms with van der Waals surface area (Å²) < 4.78 is 53.1. The summed E-state index contributed by atoms with van der Waals surface area (Å²) in [5.74, 6) is -0.203. The lowest BCUT2D eigenvalue weighted by atomic mass is 9.64. The Morgan fingerprint density at radius 3 is 2.62 bits per heavy atom. The van der Waals surface area contributed by atoms with Crippen molar-refractivity contribution in [2.75, 3.05) is 71.1 Å². The van der Waals surface area contributed by atoms with Gasteiger partial charge in [-0.2, -0.15) is 0 Å². The first-order valence-corrected chi connectivity index (χ1v) is 20.9. The average molecular weight is 773 g/mol. The third-order valence-corrected chi connectivity index (χ3v) is 14.5. The maximum Gasteiger partial charge on any atom is 0.264 e. The molecule has 0 unspecified atom stereocenters. The Morgan fingerprint density at radius 2 is 1.92 bits per heavy atom. The molecule has 2 bridgehead atoms. The first kappa shape index (κ1) is 39.7. The number of carbonyl (C=O) groups excluding carboxylic acids is 2. The molecule has 13 heteroatoms. The highest BCUT2D eigenvalue weighted by Gasteiger charge is 2.49. The molecule has 3 heterocycles. The minimum absolute atomic E-state index is 0.0434. The number of anilines is 1. The number of carbonyl (C=O) groups is 2. The molecule has 2 aromatic rings. The van der Waals surface area contributed by atoms with Crippen LogP contribution in [-0.2, 0) is 31.4 Å². The molecule has 2 aliphatic carbocycles. The predicted molar refractivity (Wildman–Crippen MR) is 206 cm³/mol. The van der Waals surface area contributed by atoms with Gasteiger partial charge in [-0.1, -0.05) is 30.7 Å². The molecule has 0 aromatic heterocycles. The van der Waals surface area contributed by atoms with Crippen LogP contribution in [0.2, 0.25) is 5.02 Å². The summed E-state index contributed by atoms with van der Waals surface area (Å²) in [7, 11) is -2.41. The van der Waals surface area contributed by atoms with Crippen molar-refractivity contribution in [2.45, 2.75) is 68.6 Å². The van der Waals surface area contributed by atoms with E-state index in [0.717, 1.165) is 70.3 Å². The zero-order chi connectivity index (χ0) is 37.8. The summed E-state index contributed by atoms with van der Waals surface area (Å²) in [6.07, 6.45) is 9.65. The van der Waals surface area contributed by atoms with Crippen molar-refractivity contribution >= 4 is 39.5 Å². The van der Waals surface area contributed by atoms with Crippen molar-refractivity contribution in [3.63, 3.8) is 0 Å². The number of halogens is 2. The minimum Gasteiger partial charge on any atom is -0.490 e. The number of allylic oxidation sites excluding steroid dienone is 1. The van der Waals surface area contributed by atoms with Gasteiger partial charge in [0.15, 0.2) is 6.29 Å². The van der Waals surface area contributed by atoms with E-state index in [-0.39, 0.29) is 35.4 Å². The van der Waals surface area contributed by atoms with Gasteiger partial charge in [-0.25, -0.2) is 17.5 Å². The average Bonchev–Trinajstić information content (AvgIpc) is 3.29. The van der Waals surface area contributed by atoms with Gasteiger partial charge in [-0.05, 0) is 105 Å². The van der Waals surface area contributed by atoms with E-state index in [2.05, 4.69) is 32.0 Å². The van der Waals surface area contributed by atoms with E-state index in [4.69, 9.17) is 21.1 Å². The summed E-state index contributed by atoms with van der Waals surface area (Å²) in [4.78, 5) is 30.5. The van der Waals surface area contributed by atoms with Crippen LogP contribution in [-0.4, -0.2) is 103 Å². The molecule has 2 N–H and O–H groups in total. The van der Waals surface area contributed by atoms with E-state index in [1.165, 1.54) is 11.1 Å². The number of ether oxygens (including phenoxy) is 2. The van der Waals surface area contributed by atoms with Gasteiger partial charge in [0.25, 0.3) is 5.91 Å². The number of alkyl halides is 1. The monoisotopic (exact) mass is 772 g/mol. The number of hydrogen-bond donors (Lipinski definition) is 2. The topological polar surface area (TPSA) is 117 Å². The SMILES string of the molecule is CO[C@]1(C=O)/C=C/C[C@H](C)[C@@H](C)S(=O)(=O)NC(=O)c2ccc3c(c2)N(C[C@@H]2CC[C@H]21)C[C@@]1(CCCc2cc(Cl)ccc21)CO3.FCCN1CCNCC1. The number of fused-ring (bicyclic) bond motifs is 4. The zero-order valence-electron chi connectivity index (χ0n) is 31.1. The summed E-state index contributed by atoms with van der Waals surface area (Å²) >= 11 is 6.40. The molecule has 7 rings (SSSR count). The number of methoxy groups -OCH3 is 1. The van der Waals surface area contributed by atoms with Crippen LogP contribution in [0.5, 0.6) is 5.75 Å². The van der Waals surface area contributed by atoms with Crippen LogP contribution in [0, 0.1) is 17.8 Å². The first-order chi connectivity index (χ1) is 25.4. The standard InChI is InChI=1S/C34H41ClN2O6S.C6H13FN2/c1-22-6-4-15-34(20-38,42-3)29-11-8-26(29)18-37-19-33(14-5-7-24-16-27(35)10-12-28(24)33)21-43-31-13-9-25(17-30(31)37)32(39)36-44(40,41)23(22)2;7-1-4-9-5-2-8-3-6-9/h4,9-10,12-13,15-17,20,22-23,26,29H,5-8,11,14,18-19,21H2,1-3H3,(H,36,39);8H,1-6H2/b15-4+;/t22-,23+,26-,29+,33-,34-;/m0./s1. The molecule has 0 radical (unpaired) electrons. The molecule has 1 amide bonds. The Bertz CT molecular complexity index is 1770. The van der Waals surface area contributed by atoms with Crippen molar-refractivity contribution < 1.29 is 31.9 Å².